The number of piperazine rings is 1. The first kappa shape index (κ1) is 29.8. The number of pyridine rings is 1. The molecule has 0 unspecified atom stereocenters. The third-order valence-corrected chi connectivity index (χ3v) is 8.93. The summed E-state index contributed by atoms with van der Waals surface area (Å²) in [4.78, 5) is 38.7. The van der Waals surface area contributed by atoms with Crippen LogP contribution in [0.5, 0.6) is 6.01 Å². The van der Waals surface area contributed by atoms with Crippen molar-refractivity contribution in [2.45, 2.75) is 57.8 Å². The van der Waals surface area contributed by atoms with E-state index in [4.69, 9.17) is 21.3 Å². The molecule has 2 aliphatic heterocycles. The Balaban J connectivity index is 1.33. The third kappa shape index (κ3) is 6.04. The number of fused-ring (bicyclic) bond motifs is 2. The van der Waals surface area contributed by atoms with E-state index in [1.807, 2.05) is 19.3 Å². The standard InChI is InChI=1S/C33H39FN8O2/c1-21-7-6-8-24-15-36-17-29(30(21)24)40-12-11-27-28(20-40)37-33(44-22(2)18-39(5)25-9-10-25)38-31(27)41-13-14-42(32(43)23(3)34)26(19-41)16-35-4/h6-8,15,17,22,25-26H,3,9-14,16,18-20H2,1-2,5H3/t22-,26+/m1/s1. The van der Waals surface area contributed by atoms with Crippen LogP contribution in [0.15, 0.2) is 43.0 Å². The van der Waals surface area contributed by atoms with E-state index < -0.39 is 17.8 Å². The highest BCUT2D eigenvalue weighted by Crippen LogP contribution is 2.35. The van der Waals surface area contributed by atoms with Gasteiger partial charge in [-0.3, -0.25) is 14.7 Å². The van der Waals surface area contributed by atoms with Gasteiger partial charge in [0, 0.05) is 61.3 Å². The molecule has 2 fully saturated rings. The normalized spacial score (nSPS) is 19.1. The van der Waals surface area contributed by atoms with Crippen molar-refractivity contribution >= 4 is 28.2 Å². The number of nitrogens with zero attached hydrogens (tertiary/aromatic N) is 8. The lowest BCUT2D eigenvalue weighted by molar-refractivity contribution is -0.131. The van der Waals surface area contributed by atoms with Crippen molar-refractivity contribution in [3.05, 3.63) is 71.2 Å². The average Bonchev–Trinajstić information content (AvgIpc) is 3.86. The van der Waals surface area contributed by atoms with Crippen LogP contribution in [0.1, 0.15) is 36.6 Å². The summed E-state index contributed by atoms with van der Waals surface area (Å²) in [6, 6.07) is 6.72. The summed E-state index contributed by atoms with van der Waals surface area (Å²) in [6.07, 6.45) is 6.86. The van der Waals surface area contributed by atoms with Gasteiger partial charge in [0.1, 0.15) is 18.0 Å². The molecular weight excluding hydrogens is 559 g/mol. The van der Waals surface area contributed by atoms with Crippen LogP contribution in [-0.2, 0) is 17.8 Å². The van der Waals surface area contributed by atoms with Gasteiger partial charge in [0.2, 0.25) is 6.54 Å². The average molecular weight is 599 g/mol. The minimum absolute atomic E-state index is 0.0674. The summed E-state index contributed by atoms with van der Waals surface area (Å²) in [7, 11) is 2.12. The number of carbonyl (C=O) groups excluding carboxylic acids is 1. The predicted octanol–water partition coefficient (Wildman–Crippen LogP) is 4.18. The second-order valence-corrected chi connectivity index (χ2v) is 12.2. The highest BCUT2D eigenvalue weighted by atomic mass is 19.1. The maximum Gasteiger partial charge on any atom is 0.318 e. The van der Waals surface area contributed by atoms with E-state index in [0.717, 1.165) is 41.2 Å². The second-order valence-electron chi connectivity index (χ2n) is 12.2. The fourth-order valence-corrected chi connectivity index (χ4v) is 6.57. The summed E-state index contributed by atoms with van der Waals surface area (Å²) in [5.41, 5.74) is 4.20. The van der Waals surface area contributed by atoms with Gasteiger partial charge < -0.3 is 24.3 Å². The number of aryl methyl sites for hydroxylation is 1. The predicted molar refractivity (Wildman–Crippen MR) is 168 cm³/mol. The highest BCUT2D eigenvalue weighted by molar-refractivity contribution is 5.96. The Hall–Kier alpha value is -4.30. The first-order valence-electron chi connectivity index (χ1n) is 15.3. The number of carbonyl (C=O) groups is 1. The largest absolute Gasteiger partial charge is 0.459 e. The zero-order chi connectivity index (χ0) is 31.0. The molecule has 230 valence electrons. The Morgan fingerprint density at radius 1 is 1.23 bits per heavy atom. The number of amides is 1. The van der Waals surface area contributed by atoms with Gasteiger partial charge in [-0.2, -0.15) is 9.97 Å². The fourth-order valence-electron chi connectivity index (χ4n) is 6.57. The number of likely N-dealkylation sites (N-methyl/N-ethyl adjacent to an activating group) is 1. The van der Waals surface area contributed by atoms with Gasteiger partial charge in [0.15, 0.2) is 5.83 Å². The molecule has 1 saturated carbocycles. The number of benzene rings is 1. The van der Waals surface area contributed by atoms with E-state index in [1.54, 1.807) is 0 Å². The molecule has 1 aliphatic carbocycles. The molecule has 1 saturated heterocycles. The number of anilines is 2. The summed E-state index contributed by atoms with van der Waals surface area (Å²) >= 11 is 0. The van der Waals surface area contributed by atoms with E-state index in [2.05, 4.69) is 63.3 Å². The number of hydrogen-bond donors (Lipinski definition) is 0. The lowest BCUT2D eigenvalue weighted by atomic mass is 10.0. The molecule has 6 rings (SSSR count). The van der Waals surface area contributed by atoms with E-state index in [0.29, 0.717) is 38.1 Å². The van der Waals surface area contributed by atoms with E-state index in [9.17, 15) is 9.18 Å². The topological polar surface area (TPSA) is 82.3 Å². The number of halogens is 1. The Bertz CT molecular complexity index is 1610. The van der Waals surface area contributed by atoms with Gasteiger partial charge in [-0.05, 0) is 45.7 Å². The van der Waals surface area contributed by atoms with Gasteiger partial charge in [-0.1, -0.05) is 24.8 Å². The molecule has 0 spiro atoms. The summed E-state index contributed by atoms with van der Waals surface area (Å²) in [5.74, 6) is -0.997. The van der Waals surface area contributed by atoms with Crippen molar-refractivity contribution in [1.82, 2.24) is 24.8 Å². The molecule has 1 amide bonds. The third-order valence-electron chi connectivity index (χ3n) is 8.93. The van der Waals surface area contributed by atoms with Crippen LogP contribution in [0.2, 0.25) is 0 Å². The smallest absolute Gasteiger partial charge is 0.318 e. The number of hydrogen-bond acceptors (Lipinski definition) is 8. The molecule has 0 bridgehead atoms. The van der Waals surface area contributed by atoms with Crippen molar-refractivity contribution in [3.8, 4) is 6.01 Å². The summed E-state index contributed by atoms with van der Waals surface area (Å²) in [6.45, 7) is 18.1. The molecule has 11 heteroatoms. The summed E-state index contributed by atoms with van der Waals surface area (Å²) < 4.78 is 20.2. The zero-order valence-electron chi connectivity index (χ0n) is 25.7. The van der Waals surface area contributed by atoms with Gasteiger partial charge in [-0.25, -0.2) is 11.0 Å². The molecule has 3 aliphatic rings. The van der Waals surface area contributed by atoms with Gasteiger partial charge >= 0.3 is 6.01 Å². The maximum absolute atomic E-state index is 13.8. The molecule has 44 heavy (non-hydrogen) atoms. The van der Waals surface area contributed by atoms with Crippen molar-refractivity contribution in [2.24, 2.45) is 0 Å². The van der Waals surface area contributed by atoms with Gasteiger partial charge in [0.05, 0.1) is 24.1 Å². The number of aromatic nitrogens is 3. The Kier molecular flexibility index (Phi) is 8.36. The Morgan fingerprint density at radius 2 is 2.05 bits per heavy atom. The van der Waals surface area contributed by atoms with Crippen molar-refractivity contribution < 1.29 is 13.9 Å². The zero-order valence-corrected chi connectivity index (χ0v) is 25.7. The number of ether oxygens (including phenoxy) is 1. The van der Waals surface area contributed by atoms with Crippen molar-refractivity contribution in [2.75, 3.05) is 56.1 Å². The molecule has 3 aromatic rings. The molecule has 10 nitrogen and oxygen atoms in total. The molecule has 4 heterocycles. The van der Waals surface area contributed by atoms with Crippen LogP contribution in [0.4, 0.5) is 15.9 Å². The van der Waals surface area contributed by atoms with E-state index >= 15 is 0 Å². The van der Waals surface area contributed by atoms with Crippen LogP contribution in [0.25, 0.3) is 15.6 Å². The minimum atomic E-state index is -1.01. The molecular formula is C33H39FN8O2. The number of rotatable bonds is 9. The highest BCUT2D eigenvalue weighted by Gasteiger charge is 2.36. The molecule has 2 atom stereocenters. The maximum atomic E-state index is 13.8. The summed E-state index contributed by atoms with van der Waals surface area (Å²) in [5, 5.41) is 2.29. The van der Waals surface area contributed by atoms with E-state index in [1.165, 1.54) is 28.7 Å². The van der Waals surface area contributed by atoms with Gasteiger partial charge in [0.25, 0.3) is 5.91 Å². The quantitative estimate of drug-likeness (QED) is 0.268. The molecule has 2 aromatic heterocycles. The lowest BCUT2D eigenvalue weighted by Gasteiger charge is -2.41. The molecule has 0 N–H and O–H groups in total. The SMILES string of the molecule is [C-]#[N+]C[C@H]1CN(c2nc(O[C@H](C)CN(C)C3CC3)nc3c2CCN(c2cncc4cccc(C)c24)C3)CCN1C(=O)C(=C)F. The molecule has 0 radical (unpaired) electrons. The van der Waals surface area contributed by atoms with Crippen LogP contribution in [0, 0.1) is 13.5 Å². The monoisotopic (exact) mass is 598 g/mol. The lowest BCUT2D eigenvalue weighted by Crippen LogP contribution is -2.57. The second kappa shape index (κ2) is 12.4. The van der Waals surface area contributed by atoms with Crippen LogP contribution in [0.3, 0.4) is 0 Å². The van der Waals surface area contributed by atoms with Crippen molar-refractivity contribution in [1.29, 1.82) is 0 Å². The van der Waals surface area contributed by atoms with Gasteiger partial charge in [-0.15, -0.1) is 0 Å². The first-order valence-corrected chi connectivity index (χ1v) is 15.3. The fraction of sp³-hybridized carbons (Fsp3) is 0.485. The van der Waals surface area contributed by atoms with Crippen LogP contribution >= 0.6 is 0 Å². The molecule has 1 aromatic carbocycles. The Morgan fingerprint density at radius 3 is 2.80 bits per heavy atom. The van der Waals surface area contributed by atoms with E-state index in [-0.39, 0.29) is 19.2 Å². The minimum Gasteiger partial charge on any atom is -0.459 e. The first-order chi connectivity index (χ1) is 21.2. The van der Waals surface area contributed by atoms with Crippen molar-refractivity contribution in [3.63, 3.8) is 0 Å². The van der Waals surface area contributed by atoms with Crippen LogP contribution in [-0.4, -0.2) is 95.2 Å². The van der Waals surface area contributed by atoms with Crippen LogP contribution < -0.4 is 14.5 Å². The Labute approximate surface area is 258 Å².